The van der Waals surface area contributed by atoms with E-state index in [0.29, 0.717) is 6.42 Å². The molecule has 0 amide bonds. The van der Waals surface area contributed by atoms with Gasteiger partial charge in [0, 0.05) is 5.88 Å². The molecule has 6 nitrogen and oxygen atoms in total. The van der Waals surface area contributed by atoms with Gasteiger partial charge in [0.2, 0.25) is 21.6 Å². The Kier molecular flexibility index (Phi) is 5.15. The molecule has 1 aromatic rings. The SMILES string of the molecule is COc1cc(OC)nc(S(=O)(=O)C(C)CCCl)n1. The Balaban J connectivity index is 3.23. The summed E-state index contributed by atoms with van der Waals surface area (Å²) in [7, 11) is -0.854. The summed E-state index contributed by atoms with van der Waals surface area (Å²) in [6.07, 6.45) is 0.326. The van der Waals surface area contributed by atoms with E-state index in [1.165, 1.54) is 20.3 Å². The molecule has 0 bridgehead atoms. The number of nitrogens with zero attached hydrogens (tertiary/aromatic N) is 2. The van der Waals surface area contributed by atoms with Crippen LogP contribution in [0, 0.1) is 0 Å². The molecule has 0 aliphatic rings. The van der Waals surface area contributed by atoms with Crippen molar-refractivity contribution in [3.05, 3.63) is 6.07 Å². The van der Waals surface area contributed by atoms with Crippen molar-refractivity contribution >= 4 is 21.4 Å². The lowest BCUT2D eigenvalue weighted by Gasteiger charge is -2.11. The van der Waals surface area contributed by atoms with Crippen LogP contribution in [0.2, 0.25) is 0 Å². The average molecular weight is 295 g/mol. The Bertz CT molecular complexity index is 484. The summed E-state index contributed by atoms with van der Waals surface area (Å²) in [5, 5.41) is -0.969. The zero-order chi connectivity index (χ0) is 13.8. The Hall–Kier alpha value is -1.08. The number of methoxy groups -OCH3 is 2. The molecule has 1 unspecified atom stereocenters. The molecule has 0 saturated carbocycles. The summed E-state index contributed by atoms with van der Waals surface area (Å²) in [6.45, 7) is 1.56. The summed E-state index contributed by atoms with van der Waals surface area (Å²) >= 11 is 5.55. The highest BCUT2D eigenvalue weighted by atomic mass is 35.5. The lowest BCUT2D eigenvalue weighted by molar-refractivity contribution is 0.362. The number of sulfone groups is 1. The van der Waals surface area contributed by atoms with Gasteiger partial charge >= 0.3 is 0 Å². The highest BCUT2D eigenvalue weighted by Gasteiger charge is 2.27. The van der Waals surface area contributed by atoms with Crippen molar-refractivity contribution < 1.29 is 17.9 Å². The van der Waals surface area contributed by atoms with E-state index >= 15 is 0 Å². The highest BCUT2D eigenvalue weighted by Crippen LogP contribution is 2.21. The van der Waals surface area contributed by atoms with E-state index in [4.69, 9.17) is 21.1 Å². The maximum absolute atomic E-state index is 12.2. The van der Waals surface area contributed by atoms with Crippen molar-refractivity contribution in [3.8, 4) is 11.8 Å². The molecule has 1 rings (SSSR count). The van der Waals surface area contributed by atoms with Crippen molar-refractivity contribution in [2.75, 3.05) is 20.1 Å². The zero-order valence-electron chi connectivity index (χ0n) is 10.4. The number of rotatable bonds is 6. The lowest BCUT2D eigenvalue weighted by atomic mass is 10.4. The largest absolute Gasteiger partial charge is 0.481 e. The van der Waals surface area contributed by atoms with Crippen LogP contribution in [-0.2, 0) is 9.84 Å². The van der Waals surface area contributed by atoms with Gasteiger partial charge in [-0.05, 0) is 13.3 Å². The predicted molar refractivity (Wildman–Crippen MR) is 67.1 cm³/mol. The van der Waals surface area contributed by atoms with Crippen LogP contribution in [0.3, 0.4) is 0 Å². The van der Waals surface area contributed by atoms with E-state index in [0.717, 1.165) is 0 Å². The van der Waals surface area contributed by atoms with Crippen molar-refractivity contribution in [1.29, 1.82) is 0 Å². The van der Waals surface area contributed by atoms with Gasteiger partial charge in [-0.15, -0.1) is 11.6 Å². The summed E-state index contributed by atoms with van der Waals surface area (Å²) in [5.74, 6) is 0.526. The Labute approximate surface area is 111 Å². The highest BCUT2D eigenvalue weighted by molar-refractivity contribution is 7.91. The second-order valence-corrected chi connectivity index (χ2v) is 6.21. The van der Waals surface area contributed by atoms with Gasteiger partial charge in [0.1, 0.15) is 0 Å². The predicted octanol–water partition coefficient (Wildman–Crippen LogP) is 1.28. The van der Waals surface area contributed by atoms with Crippen molar-refractivity contribution in [1.82, 2.24) is 9.97 Å². The molecule has 0 aliphatic heterocycles. The fraction of sp³-hybridized carbons (Fsp3) is 0.600. The molecule has 0 fully saturated rings. The normalized spacial score (nSPS) is 13.1. The summed E-state index contributed by atoms with van der Waals surface area (Å²) in [5.41, 5.74) is 0. The van der Waals surface area contributed by atoms with Gasteiger partial charge in [0.15, 0.2) is 0 Å². The molecule has 0 radical (unpaired) electrons. The van der Waals surface area contributed by atoms with E-state index in [-0.39, 0.29) is 22.8 Å². The van der Waals surface area contributed by atoms with Gasteiger partial charge in [-0.3, -0.25) is 0 Å². The fourth-order valence-electron chi connectivity index (χ4n) is 1.21. The number of hydrogen-bond donors (Lipinski definition) is 0. The zero-order valence-corrected chi connectivity index (χ0v) is 12.0. The monoisotopic (exact) mass is 294 g/mol. The first-order valence-corrected chi connectivity index (χ1v) is 7.30. The summed E-state index contributed by atoms with van der Waals surface area (Å²) < 4.78 is 34.1. The van der Waals surface area contributed by atoms with Crippen molar-refractivity contribution in [3.63, 3.8) is 0 Å². The van der Waals surface area contributed by atoms with Crippen LogP contribution in [0.4, 0.5) is 0 Å². The third-order valence-electron chi connectivity index (χ3n) is 2.38. The Morgan fingerprint density at radius 3 is 2.17 bits per heavy atom. The van der Waals surface area contributed by atoms with Gasteiger partial charge in [0.25, 0.3) is 5.16 Å². The van der Waals surface area contributed by atoms with Crippen molar-refractivity contribution in [2.45, 2.75) is 23.8 Å². The molecule has 102 valence electrons. The van der Waals surface area contributed by atoms with Gasteiger partial charge < -0.3 is 9.47 Å². The van der Waals surface area contributed by atoms with Crippen LogP contribution in [0.5, 0.6) is 11.8 Å². The standard InChI is InChI=1S/C10H15ClN2O4S/c1-7(4-5-11)18(14,15)10-12-8(16-2)6-9(13-10)17-3/h6-7H,4-5H2,1-3H3. The van der Waals surface area contributed by atoms with Crippen LogP contribution in [-0.4, -0.2) is 43.7 Å². The topological polar surface area (TPSA) is 78.4 Å². The molecule has 1 heterocycles. The lowest BCUT2D eigenvalue weighted by Crippen LogP contribution is -2.21. The average Bonchev–Trinajstić information content (AvgIpc) is 2.38. The fourth-order valence-corrected chi connectivity index (χ4v) is 2.89. The Morgan fingerprint density at radius 2 is 1.78 bits per heavy atom. The maximum atomic E-state index is 12.2. The summed E-state index contributed by atoms with van der Waals surface area (Å²) in [6, 6.07) is 1.41. The van der Waals surface area contributed by atoms with Gasteiger partial charge in [-0.1, -0.05) is 0 Å². The van der Waals surface area contributed by atoms with Gasteiger partial charge in [-0.2, -0.15) is 9.97 Å². The second kappa shape index (κ2) is 6.19. The van der Waals surface area contributed by atoms with Gasteiger partial charge in [0.05, 0.1) is 25.5 Å². The first kappa shape index (κ1) is 15.0. The molecule has 18 heavy (non-hydrogen) atoms. The molecule has 0 aromatic carbocycles. The molecule has 0 N–H and O–H groups in total. The molecule has 1 atom stereocenters. The molecule has 8 heteroatoms. The first-order valence-electron chi connectivity index (χ1n) is 5.22. The molecule has 0 aliphatic carbocycles. The quantitative estimate of drug-likeness (QED) is 0.581. The first-order chi connectivity index (χ1) is 8.45. The summed E-state index contributed by atoms with van der Waals surface area (Å²) in [4.78, 5) is 7.66. The van der Waals surface area contributed by atoms with E-state index < -0.39 is 15.1 Å². The number of hydrogen-bond acceptors (Lipinski definition) is 6. The van der Waals surface area contributed by atoms with Crippen LogP contribution in [0.15, 0.2) is 11.2 Å². The number of aromatic nitrogens is 2. The molecule has 0 saturated heterocycles. The third kappa shape index (κ3) is 3.23. The minimum absolute atomic E-state index is 0.137. The minimum atomic E-state index is -3.63. The van der Waals surface area contributed by atoms with E-state index in [9.17, 15) is 8.42 Å². The molecule has 1 aromatic heterocycles. The van der Waals surface area contributed by atoms with E-state index in [1.54, 1.807) is 6.92 Å². The number of ether oxygens (including phenoxy) is 2. The Morgan fingerprint density at radius 1 is 1.28 bits per heavy atom. The minimum Gasteiger partial charge on any atom is -0.481 e. The number of halogens is 1. The van der Waals surface area contributed by atoms with Crippen LogP contribution < -0.4 is 9.47 Å². The van der Waals surface area contributed by atoms with Crippen molar-refractivity contribution in [2.24, 2.45) is 0 Å². The van der Waals surface area contributed by atoms with Crippen LogP contribution in [0.1, 0.15) is 13.3 Å². The van der Waals surface area contributed by atoms with E-state index in [2.05, 4.69) is 9.97 Å². The molecule has 0 spiro atoms. The molecular formula is C10H15ClN2O4S. The number of alkyl halides is 1. The van der Waals surface area contributed by atoms with E-state index in [1.807, 2.05) is 0 Å². The second-order valence-electron chi connectivity index (χ2n) is 3.57. The third-order valence-corrected chi connectivity index (χ3v) is 4.58. The smallest absolute Gasteiger partial charge is 0.253 e. The van der Waals surface area contributed by atoms with Gasteiger partial charge in [-0.25, -0.2) is 8.42 Å². The maximum Gasteiger partial charge on any atom is 0.253 e. The van der Waals surface area contributed by atoms with Crippen LogP contribution in [0.25, 0.3) is 0 Å². The van der Waals surface area contributed by atoms with Crippen LogP contribution >= 0.6 is 11.6 Å². The molecular weight excluding hydrogens is 280 g/mol.